The van der Waals surface area contributed by atoms with Crippen LogP contribution in [0.1, 0.15) is 11.3 Å². The smallest absolute Gasteiger partial charge is 0.162 e. The maximum atomic E-state index is 9.99. The van der Waals surface area contributed by atoms with E-state index in [9.17, 15) is 5.11 Å². The van der Waals surface area contributed by atoms with Gasteiger partial charge in [-0.25, -0.2) is 4.98 Å². The van der Waals surface area contributed by atoms with E-state index in [1.165, 1.54) is 0 Å². The van der Waals surface area contributed by atoms with Crippen molar-refractivity contribution < 1.29 is 14.3 Å². The van der Waals surface area contributed by atoms with Crippen LogP contribution in [0.5, 0.6) is 5.75 Å². The van der Waals surface area contributed by atoms with Crippen molar-refractivity contribution in [1.29, 1.82) is 0 Å². The SMILES string of the molecule is Cc1cccc(OCC(O)CNCc2csc(-c3ccco3)n2)c1. The Labute approximate surface area is 144 Å². The molecular weight excluding hydrogens is 324 g/mol. The van der Waals surface area contributed by atoms with Gasteiger partial charge in [-0.05, 0) is 36.8 Å². The molecule has 0 bridgehead atoms. The first-order valence-electron chi connectivity index (χ1n) is 7.77. The molecule has 126 valence electrons. The lowest BCUT2D eigenvalue weighted by molar-refractivity contribution is 0.106. The highest BCUT2D eigenvalue weighted by molar-refractivity contribution is 7.13. The molecule has 2 heterocycles. The summed E-state index contributed by atoms with van der Waals surface area (Å²) in [5.41, 5.74) is 2.06. The molecule has 5 nitrogen and oxygen atoms in total. The Hall–Kier alpha value is -2.15. The Kier molecular flexibility index (Phi) is 5.63. The van der Waals surface area contributed by atoms with E-state index in [4.69, 9.17) is 9.15 Å². The van der Waals surface area contributed by atoms with Crippen molar-refractivity contribution in [3.8, 4) is 16.5 Å². The van der Waals surface area contributed by atoms with E-state index in [0.717, 1.165) is 27.8 Å². The van der Waals surface area contributed by atoms with Crippen LogP contribution in [-0.4, -0.2) is 29.3 Å². The Morgan fingerprint density at radius 2 is 2.25 bits per heavy atom. The highest BCUT2D eigenvalue weighted by atomic mass is 32.1. The van der Waals surface area contributed by atoms with Gasteiger partial charge in [-0.3, -0.25) is 0 Å². The number of benzene rings is 1. The number of nitrogens with one attached hydrogen (secondary N) is 1. The van der Waals surface area contributed by atoms with E-state index in [2.05, 4.69) is 10.3 Å². The van der Waals surface area contributed by atoms with Gasteiger partial charge in [-0.15, -0.1) is 11.3 Å². The highest BCUT2D eigenvalue weighted by Crippen LogP contribution is 2.23. The van der Waals surface area contributed by atoms with Crippen LogP contribution in [0.2, 0.25) is 0 Å². The fourth-order valence-corrected chi connectivity index (χ4v) is 3.01. The predicted octanol–water partition coefficient (Wildman–Crippen LogP) is 3.24. The molecule has 0 aliphatic carbocycles. The molecule has 0 fully saturated rings. The van der Waals surface area contributed by atoms with Crippen molar-refractivity contribution in [3.63, 3.8) is 0 Å². The summed E-state index contributed by atoms with van der Waals surface area (Å²) in [5.74, 6) is 1.55. The lowest BCUT2D eigenvalue weighted by atomic mass is 10.2. The molecule has 2 aromatic heterocycles. The number of furan rings is 1. The molecule has 0 aliphatic rings. The first-order valence-corrected chi connectivity index (χ1v) is 8.65. The number of rotatable bonds is 8. The van der Waals surface area contributed by atoms with Gasteiger partial charge >= 0.3 is 0 Å². The monoisotopic (exact) mass is 344 g/mol. The zero-order valence-electron chi connectivity index (χ0n) is 13.4. The molecule has 24 heavy (non-hydrogen) atoms. The molecular formula is C18H20N2O3S. The van der Waals surface area contributed by atoms with Crippen LogP contribution in [0, 0.1) is 6.92 Å². The van der Waals surface area contributed by atoms with E-state index in [0.29, 0.717) is 13.1 Å². The molecule has 1 atom stereocenters. The van der Waals surface area contributed by atoms with E-state index < -0.39 is 6.10 Å². The Morgan fingerprint density at radius 1 is 1.33 bits per heavy atom. The number of aromatic nitrogens is 1. The molecule has 3 rings (SSSR count). The number of ether oxygens (including phenoxy) is 1. The van der Waals surface area contributed by atoms with Crippen LogP contribution in [0.25, 0.3) is 10.8 Å². The second-order valence-corrected chi connectivity index (χ2v) is 6.39. The van der Waals surface area contributed by atoms with Crippen LogP contribution in [0.15, 0.2) is 52.5 Å². The first kappa shape index (κ1) is 16.7. The van der Waals surface area contributed by atoms with Crippen molar-refractivity contribution in [2.24, 2.45) is 0 Å². The number of hydrogen-bond acceptors (Lipinski definition) is 6. The lowest BCUT2D eigenvalue weighted by Gasteiger charge is -2.13. The maximum absolute atomic E-state index is 9.99. The van der Waals surface area contributed by atoms with Gasteiger partial charge in [-0.1, -0.05) is 12.1 Å². The number of aliphatic hydroxyl groups is 1. The number of aliphatic hydroxyl groups excluding tert-OH is 1. The summed E-state index contributed by atoms with van der Waals surface area (Å²) < 4.78 is 10.9. The third kappa shape index (κ3) is 4.67. The van der Waals surface area contributed by atoms with Gasteiger partial charge in [0.25, 0.3) is 0 Å². The van der Waals surface area contributed by atoms with Gasteiger partial charge in [-0.2, -0.15) is 0 Å². The van der Waals surface area contributed by atoms with Crippen LogP contribution >= 0.6 is 11.3 Å². The minimum absolute atomic E-state index is 0.255. The molecule has 1 aromatic carbocycles. The molecule has 0 saturated heterocycles. The van der Waals surface area contributed by atoms with Crippen LogP contribution < -0.4 is 10.1 Å². The summed E-state index contributed by atoms with van der Waals surface area (Å²) in [4.78, 5) is 4.50. The van der Waals surface area contributed by atoms with Crippen molar-refractivity contribution in [2.75, 3.05) is 13.2 Å². The first-order chi connectivity index (χ1) is 11.7. The van der Waals surface area contributed by atoms with Gasteiger partial charge in [0.1, 0.15) is 18.5 Å². The van der Waals surface area contributed by atoms with Crippen molar-refractivity contribution in [2.45, 2.75) is 19.6 Å². The predicted molar refractivity (Wildman–Crippen MR) is 94.2 cm³/mol. The second-order valence-electron chi connectivity index (χ2n) is 5.53. The Balaban J connectivity index is 1.40. The third-order valence-corrected chi connectivity index (χ3v) is 4.31. The number of hydrogen-bond donors (Lipinski definition) is 2. The van der Waals surface area contributed by atoms with E-state index in [1.54, 1.807) is 17.6 Å². The summed E-state index contributed by atoms with van der Waals surface area (Å²) in [6, 6.07) is 11.5. The van der Waals surface area contributed by atoms with Gasteiger partial charge < -0.3 is 19.6 Å². The number of thiazole rings is 1. The van der Waals surface area contributed by atoms with Crippen LogP contribution in [0.4, 0.5) is 0 Å². The molecule has 1 unspecified atom stereocenters. The topological polar surface area (TPSA) is 67.5 Å². The maximum Gasteiger partial charge on any atom is 0.162 e. The third-order valence-electron chi connectivity index (χ3n) is 3.40. The molecule has 0 spiro atoms. The largest absolute Gasteiger partial charge is 0.491 e. The average Bonchev–Trinajstić information content (AvgIpc) is 3.24. The lowest BCUT2D eigenvalue weighted by Crippen LogP contribution is -2.31. The molecule has 2 N–H and O–H groups in total. The molecule has 6 heteroatoms. The summed E-state index contributed by atoms with van der Waals surface area (Å²) in [6.45, 7) is 3.30. The number of aryl methyl sites for hydroxylation is 1. The van der Waals surface area contributed by atoms with Gasteiger partial charge in [0.05, 0.1) is 12.0 Å². The quantitative estimate of drug-likeness (QED) is 0.657. The van der Waals surface area contributed by atoms with Crippen molar-refractivity contribution in [1.82, 2.24) is 10.3 Å². The van der Waals surface area contributed by atoms with E-state index >= 15 is 0 Å². The minimum atomic E-state index is -0.575. The van der Waals surface area contributed by atoms with Crippen LogP contribution in [0.3, 0.4) is 0 Å². The highest BCUT2D eigenvalue weighted by Gasteiger charge is 2.08. The zero-order valence-corrected chi connectivity index (χ0v) is 14.3. The van der Waals surface area contributed by atoms with Gasteiger partial charge in [0, 0.05) is 18.5 Å². The van der Waals surface area contributed by atoms with E-state index in [-0.39, 0.29) is 6.61 Å². The molecule has 0 aliphatic heterocycles. The summed E-state index contributed by atoms with van der Waals surface area (Å²) in [6.07, 6.45) is 1.06. The molecule has 0 saturated carbocycles. The van der Waals surface area contributed by atoms with Gasteiger partial charge in [0.15, 0.2) is 10.8 Å². The van der Waals surface area contributed by atoms with E-state index in [1.807, 2.05) is 48.7 Å². The Morgan fingerprint density at radius 3 is 3.04 bits per heavy atom. The standard InChI is InChI=1S/C18H20N2O3S/c1-13-4-2-5-16(8-13)23-11-15(21)10-19-9-14-12-24-18(20-14)17-6-3-7-22-17/h2-8,12,15,19,21H,9-11H2,1H3. The summed E-state index contributed by atoms with van der Waals surface area (Å²) >= 11 is 1.54. The second kappa shape index (κ2) is 8.10. The zero-order chi connectivity index (χ0) is 16.8. The molecule has 0 radical (unpaired) electrons. The van der Waals surface area contributed by atoms with Gasteiger partial charge in [0.2, 0.25) is 0 Å². The number of nitrogens with zero attached hydrogens (tertiary/aromatic N) is 1. The fourth-order valence-electron chi connectivity index (χ4n) is 2.22. The summed E-state index contributed by atoms with van der Waals surface area (Å²) in [5, 5.41) is 16.0. The normalized spacial score (nSPS) is 12.2. The molecule has 3 aromatic rings. The fraction of sp³-hybridized carbons (Fsp3) is 0.278. The Bertz CT molecular complexity index is 755. The molecule has 0 amide bonds. The van der Waals surface area contributed by atoms with Crippen LogP contribution in [-0.2, 0) is 6.54 Å². The van der Waals surface area contributed by atoms with Crippen molar-refractivity contribution in [3.05, 3.63) is 59.3 Å². The summed E-state index contributed by atoms with van der Waals surface area (Å²) in [7, 11) is 0. The minimum Gasteiger partial charge on any atom is -0.491 e. The van der Waals surface area contributed by atoms with Crippen molar-refractivity contribution >= 4 is 11.3 Å². The average molecular weight is 344 g/mol.